The zero-order valence-electron chi connectivity index (χ0n) is 12.0. The summed E-state index contributed by atoms with van der Waals surface area (Å²) in [6.45, 7) is 3.40. The zero-order valence-corrected chi connectivity index (χ0v) is 12.0. The fourth-order valence-electron chi connectivity index (χ4n) is 2.56. The number of allylic oxidation sites excluding steroid dienone is 2. The van der Waals surface area contributed by atoms with Gasteiger partial charge in [0.15, 0.2) is 5.78 Å². The number of benzene rings is 1. The Kier molecular flexibility index (Phi) is 3.17. The molecule has 1 aromatic heterocycles. The Bertz CT molecular complexity index is 717. The number of nitrogens with zero attached hydrogens (tertiary/aromatic N) is 4. The van der Waals surface area contributed by atoms with E-state index >= 15 is 0 Å². The van der Waals surface area contributed by atoms with Gasteiger partial charge in [0.25, 0.3) is 0 Å². The molecule has 0 spiro atoms. The first kappa shape index (κ1) is 13.3. The molecule has 108 valence electrons. The molecular weight excluding hydrogens is 270 g/mol. The van der Waals surface area contributed by atoms with Crippen LogP contribution < -0.4 is 10.1 Å². The molecular formula is C14H15N5O2. The number of nitrogens with one attached hydrogen (secondary N) is 1. The minimum atomic E-state index is -0.334. The van der Waals surface area contributed by atoms with Crippen LogP contribution in [0, 0.1) is 0 Å². The number of tetrazole rings is 1. The fraction of sp³-hybridized carbons (Fsp3) is 0.286. The summed E-state index contributed by atoms with van der Waals surface area (Å²) < 4.78 is 6.78. The van der Waals surface area contributed by atoms with Gasteiger partial charge in [-0.25, -0.2) is 0 Å². The fourth-order valence-corrected chi connectivity index (χ4v) is 2.56. The molecule has 0 amide bonds. The molecule has 0 saturated heterocycles. The number of fused-ring (bicyclic) bond motifs is 1. The molecule has 0 fully saturated rings. The van der Waals surface area contributed by atoms with Crippen LogP contribution in [0.4, 0.5) is 5.95 Å². The summed E-state index contributed by atoms with van der Waals surface area (Å²) in [6, 6.07) is 7.20. The van der Waals surface area contributed by atoms with Crippen LogP contribution in [0.2, 0.25) is 0 Å². The standard InChI is InChI=1S/C14H15N5O2/c1-8-12(9(2)20)13(19-14(15-8)16-17-18-19)10-4-6-11(21-3)7-5-10/h4-7,13H,1-3H3,(H,15,16,18)/t13-/m0/s1. The van der Waals surface area contributed by atoms with Crippen LogP contribution in [0.5, 0.6) is 5.75 Å². The molecule has 2 aromatic rings. The van der Waals surface area contributed by atoms with E-state index in [2.05, 4.69) is 20.8 Å². The number of methoxy groups -OCH3 is 1. The van der Waals surface area contributed by atoms with Crippen molar-refractivity contribution in [1.29, 1.82) is 0 Å². The van der Waals surface area contributed by atoms with Gasteiger partial charge >= 0.3 is 0 Å². The quantitative estimate of drug-likeness (QED) is 0.921. The van der Waals surface area contributed by atoms with E-state index in [1.54, 1.807) is 18.7 Å². The average molecular weight is 285 g/mol. The SMILES string of the molecule is COc1ccc([C@H]2C(C(C)=O)=C(C)Nc3nnnn32)cc1. The van der Waals surface area contributed by atoms with Crippen LogP contribution in [-0.4, -0.2) is 33.1 Å². The van der Waals surface area contributed by atoms with Crippen LogP contribution >= 0.6 is 0 Å². The molecule has 1 aromatic carbocycles. The van der Waals surface area contributed by atoms with Gasteiger partial charge in [0.2, 0.25) is 5.95 Å². The third kappa shape index (κ3) is 2.16. The molecule has 2 heterocycles. The van der Waals surface area contributed by atoms with Gasteiger partial charge in [-0.2, -0.15) is 4.68 Å². The first-order chi connectivity index (χ1) is 10.1. The van der Waals surface area contributed by atoms with Gasteiger partial charge in [-0.3, -0.25) is 4.79 Å². The van der Waals surface area contributed by atoms with Gasteiger partial charge in [0, 0.05) is 11.3 Å². The Balaban J connectivity index is 2.14. The largest absolute Gasteiger partial charge is 0.497 e. The van der Waals surface area contributed by atoms with E-state index in [9.17, 15) is 4.79 Å². The summed E-state index contributed by atoms with van der Waals surface area (Å²) in [7, 11) is 1.62. The highest BCUT2D eigenvalue weighted by Gasteiger charge is 2.32. The maximum Gasteiger partial charge on any atom is 0.248 e. The second-order valence-corrected chi connectivity index (χ2v) is 4.84. The number of Topliss-reactive ketones (excluding diaryl/α,β-unsaturated/α-hetero) is 1. The number of carbonyl (C=O) groups excluding carboxylic acids is 1. The Labute approximate surface area is 121 Å². The highest BCUT2D eigenvalue weighted by Crippen LogP contribution is 2.34. The van der Waals surface area contributed by atoms with Crippen LogP contribution in [0.1, 0.15) is 25.5 Å². The molecule has 1 atom stereocenters. The molecule has 0 aliphatic carbocycles. The first-order valence-corrected chi connectivity index (χ1v) is 6.52. The lowest BCUT2D eigenvalue weighted by Crippen LogP contribution is -2.27. The monoisotopic (exact) mass is 285 g/mol. The molecule has 1 aliphatic rings. The third-order valence-electron chi connectivity index (χ3n) is 3.52. The lowest BCUT2D eigenvalue weighted by atomic mass is 9.93. The van der Waals surface area contributed by atoms with Crippen molar-refractivity contribution in [3.05, 3.63) is 41.1 Å². The topological polar surface area (TPSA) is 81.9 Å². The van der Waals surface area contributed by atoms with Gasteiger partial charge in [-0.05, 0) is 42.0 Å². The third-order valence-corrected chi connectivity index (χ3v) is 3.52. The van der Waals surface area contributed by atoms with Crippen molar-refractivity contribution >= 4 is 11.7 Å². The highest BCUT2D eigenvalue weighted by atomic mass is 16.5. The van der Waals surface area contributed by atoms with Crippen molar-refractivity contribution in [2.24, 2.45) is 0 Å². The van der Waals surface area contributed by atoms with Gasteiger partial charge in [-0.1, -0.05) is 17.2 Å². The van der Waals surface area contributed by atoms with Crippen molar-refractivity contribution in [1.82, 2.24) is 20.2 Å². The van der Waals surface area contributed by atoms with Crippen molar-refractivity contribution < 1.29 is 9.53 Å². The van der Waals surface area contributed by atoms with E-state index in [1.807, 2.05) is 31.2 Å². The predicted molar refractivity (Wildman–Crippen MR) is 76.0 cm³/mol. The van der Waals surface area contributed by atoms with Crippen LogP contribution in [0.25, 0.3) is 0 Å². The minimum Gasteiger partial charge on any atom is -0.497 e. The normalized spacial score (nSPS) is 17.2. The Morgan fingerprint density at radius 2 is 2.05 bits per heavy atom. The minimum absolute atomic E-state index is 0.0121. The summed E-state index contributed by atoms with van der Waals surface area (Å²) in [6.07, 6.45) is 0. The predicted octanol–water partition coefficient (Wildman–Crippen LogP) is 1.56. The summed E-state index contributed by atoms with van der Waals surface area (Å²) in [5, 5.41) is 14.7. The molecule has 21 heavy (non-hydrogen) atoms. The maximum atomic E-state index is 12.0. The molecule has 0 unspecified atom stereocenters. The number of hydrogen-bond acceptors (Lipinski definition) is 6. The van der Waals surface area contributed by atoms with E-state index < -0.39 is 0 Å². The molecule has 0 bridgehead atoms. The number of carbonyl (C=O) groups is 1. The molecule has 3 rings (SSSR count). The Hall–Kier alpha value is -2.70. The van der Waals surface area contributed by atoms with E-state index in [0.29, 0.717) is 11.5 Å². The smallest absolute Gasteiger partial charge is 0.248 e. The number of aromatic nitrogens is 4. The van der Waals surface area contributed by atoms with Crippen molar-refractivity contribution in [2.45, 2.75) is 19.9 Å². The molecule has 0 saturated carbocycles. The van der Waals surface area contributed by atoms with Crippen LogP contribution in [0.3, 0.4) is 0 Å². The van der Waals surface area contributed by atoms with Gasteiger partial charge in [0.05, 0.1) is 7.11 Å². The van der Waals surface area contributed by atoms with Crippen molar-refractivity contribution in [3.8, 4) is 5.75 Å². The van der Waals surface area contributed by atoms with Crippen molar-refractivity contribution in [3.63, 3.8) is 0 Å². The van der Waals surface area contributed by atoms with Crippen molar-refractivity contribution in [2.75, 3.05) is 12.4 Å². The van der Waals surface area contributed by atoms with E-state index in [0.717, 1.165) is 17.0 Å². The Morgan fingerprint density at radius 3 is 2.67 bits per heavy atom. The maximum absolute atomic E-state index is 12.0. The zero-order chi connectivity index (χ0) is 15.0. The summed E-state index contributed by atoms with van der Waals surface area (Å²) in [5.74, 6) is 1.27. The molecule has 0 radical (unpaired) electrons. The second kappa shape index (κ2) is 5.01. The molecule has 1 N–H and O–H groups in total. The lowest BCUT2D eigenvalue weighted by molar-refractivity contribution is -0.114. The van der Waals surface area contributed by atoms with Gasteiger partial charge < -0.3 is 10.1 Å². The van der Waals surface area contributed by atoms with Crippen LogP contribution in [0.15, 0.2) is 35.5 Å². The number of anilines is 1. The molecule has 1 aliphatic heterocycles. The summed E-state index contributed by atoms with van der Waals surface area (Å²) in [5.41, 5.74) is 2.35. The highest BCUT2D eigenvalue weighted by molar-refractivity contribution is 5.96. The lowest BCUT2D eigenvalue weighted by Gasteiger charge is -2.27. The average Bonchev–Trinajstić information content (AvgIpc) is 2.93. The Morgan fingerprint density at radius 1 is 1.33 bits per heavy atom. The van der Waals surface area contributed by atoms with Gasteiger partial charge in [-0.15, -0.1) is 0 Å². The number of hydrogen-bond donors (Lipinski definition) is 1. The second-order valence-electron chi connectivity index (χ2n) is 4.84. The number of rotatable bonds is 3. The van der Waals surface area contributed by atoms with E-state index in [4.69, 9.17) is 4.74 Å². The first-order valence-electron chi connectivity index (χ1n) is 6.52. The van der Waals surface area contributed by atoms with Crippen LogP contribution in [-0.2, 0) is 4.79 Å². The number of ether oxygens (including phenoxy) is 1. The van der Waals surface area contributed by atoms with Gasteiger partial charge in [0.1, 0.15) is 11.8 Å². The molecule has 7 heteroatoms. The summed E-state index contributed by atoms with van der Waals surface area (Å²) >= 11 is 0. The molecule has 7 nitrogen and oxygen atoms in total. The van der Waals surface area contributed by atoms with E-state index in [-0.39, 0.29) is 11.8 Å². The van der Waals surface area contributed by atoms with E-state index in [1.165, 1.54) is 0 Å². The summed E-state index contributed by atoms with van der Waals surface area (Å²) in [4.78, 5) is 12.0. The number of ketones is 1.